The molecule has 0 aromatic rings. The Kier molecular flexibility index (Phi) is 4.47. The third kappa shape index (κ3) is 3.09. The molecule has 19 heavy (non-hydrogen) atoms. The van der Waals surface area contributed by atoms with Gasteiger partial charge in [0, 0.05) is 46.2 Å². The summed E-state index contributed by atoms with van der Waals surface area (Å²) in [7, 11) is -0.249. The van der Waals surface area contributed by atoms with Crippen molar-refractivity contribution in [3.8, 4) is 0 Å². The van der Waals surface area contributed by atoms with Gasteiger partial charge in [-0.3, -0.25) is 4.79 Å². The van der Waals surface area contributed by atoms with E-state index < -0.39 is 10.2 Å². The van der Waals surface area contributed by atoms with Gasteiger partial charge in [0.2, 0.25) is 5.91 Å². The predicted molar refractivity (Wildman–Crippen MR) is 72.7 cm³/mol. The Morgan fingerprint density at radius 1 is 1.05 bits per heavy atom. The van der Waals surface area contributed by atoms with Gasteiger partial charge >= 0.3 is 0 Å². The lowest BCUT2D eigenvalue weighted by Crippen LogP contribution is -2.47. The SMILES string of the molecule is CN(C)S(=O)(=O)N1CCC(C(=O)N2CCCC2)CC1. The number of rotatable bonds is 3. The summed E-state index contributed by atoms with van der Waals surface area (Å²) in [5.41, 5.74) is 0. The minimum absolute atomic E-state index is 0.00622. The Labute approximate surface area is 115 Å². The molecule has 2 aliphatic heterocycles. The number of carbonyl (C=O) groups excluding carboxylic acids is 1. The van der Waals surface area contributed by atoms with Crippen LogP contribution in [0.25, 0.3) is 0 Å². The lowest BCUT2D eigenvalue weighted by Gasteiger charge is -2.33. The number of carbonyl (C=O) groups is 1. The average Bonchev–Trinajstić information content (AvgIpc) is 2.91. The maximum Gasteiger partial charge on any atom is 0.281 e. The van der Waals surface area contributed by atoms with E-state index in [1.54, 1.807) is 0 Å². The highest BCUT2D eigenvalue weighted by atomic mass is 32.2. The Morgan fingerprint density at radius 3 is 2.05 bits per heavy atom. The molecule has 0 N–H and O–H groups in total. The number of likely N-dealkylation sites (tertiary alicyclic amines) is 1. The Morgan fingerprint density at radius 2 is 1.58 bits per heavy atom. The van der Waals surface area contributed by atoms with Crippen molar-refractivity contribution in [2.24, 2.45) is 5.92 Å². The zero-order chi connectivity index (χ0) is 14.0. The maximum absolute atomic E-state index is 12.2. The Bertz CT molecular complexity index is 422. The van der Waals surface area contributed by atoms with E-state index in [2.05, 4.69) is 0 Å². The van der Waals surface area contributed by atoms with Crippen LogP contribution in [0.4, 0.5) is 0 Å². The molecule has 2 aliphatic rings. The third-order valence-corrected chi connectivity index (χ3v) is 5.95. The van der Waals surface area contributed by atoms with Crippen LogP contribution in [0.3, 0.4) is 0 Å². The number of nitrogens with zero attached hydrogens (tertiary/aromatic N) is 3. The zero-order valence-electron chi connectivity index (χ0n) is 11.7. The highest BCUT2D eigenvalue weighted by molar-refractivity contribution is 7.86. The van der Waals surface area contributed by atoms with E-state index in [9.17, 15) is 13.2 Å². The first-order valence-electron chi connectivity index (χ1n) is 6.89. The molecule has 0 atom stereocenters. The highest BCUT2D eigenvalue weighted by Gasteiger charge is 2.34. The van der Waals surface area contributed by atoms with Crippen molar-refractivity contribution in [3.63, 3.8) is 0 Å². The van der Waals surface area contributed by atoms with Gasteiger partial charge < -0.3 is 4.90 Å². The van der Waals surface area contributed by atoms with Gasteiger partial charge in [-0.05, 0) is 25.7 Å². The van der Waals surface area contributed by atoms with Gasteiger partial charge in [-0.2, -0.15) is 17.0 Å². The monoisotopic (exact) mass is 289 g/mol. The van der Waals surface area contributed by atoms with Crippen LogP contribution >= 0.6 is 0 Å². The van der Waals surface area contributed by atoms with Crippen LogP contribution in [-0.2, 0) is 15.0 Å². The zero-order valence-corrected chi connectivity index (χ0v) is 12.5. The number of hydrogen-bond donors (Lipinski definition) is 0. The number of amides is 1. The largest absolute Gasteiger partial charge is 0.342 e. The Hall–Kier alpha value is -0.660. The lowest BCUT2D eigenvalue weighted by molar-refractivity contribution is -0.135. The second kappa shape index (κ2) is 5.76. The van der Waals surface area contributed by atoms with E-state index >= 15 is 0 Å². The molecule has 1 amide bonds. The van der Waals surface area contributed by atoms with Crippen LogP contribution in [0.15, 0.2) is 0 Å². The summed E-state index contributed by atoms with van der Waals surface area (Å²) in [6.45, 7) is 2.64. The average molecular weight is 289 g/mol. The normalized spacial score (nSPS) is 23.2. The molecule has 2 rings (SSSR count). The van der Waals surface area contributed by atoms with Crippen LogP contribution in [0.5, 0.6) is 0 Å². The van der Waals surface area contributed by atoms with Crippen molar-refractivity contribution in [2.45, 2.75) is 25.7 Å². The van der Waals surface area contributed by atoms with Crippen molar-refractivity contribution in [1.82, 2.24) is 13.5 Å². The van der Waals surface area contributed by atoms with Crippen LogP contribution in [-0.4, -0.2) is 68.1 Å². The maximum atomic E-state index is 12.2. The van der Waals surface area contributed by atoms with E-state index in [1.165, 1.54) is 22.7 Å². The van der Waals surface area contributed by atoms with Crippen LogP contribution < -0.4 is 0 Å². The molecule has 0 radical (unpaired) electrons. The first kappa shape index (κ1) is 14.7. The van der Waals surface area contributed by atoms with Crippen molar-refractivity contribution in [2.75, 3.05) is 40.3 Å². The fourth-order valence-corrected chi connectivity index (χ4v) is 3.89. The second-order valence-electron chi connectivity index (χ2n) is 5.50. The molecular weight excluding hydrogens is 266 g/mol. The van der Waals surface area contributed by atoms with Crippen LogP contribution in [0.1, 0.15) is 25.7 Å². The van der Waals surface area contributed by atoms with Crippen molar-refractivity contribution >= 4 is 16.1 Å². The summed E-state index contributed by atoms with van der Waals surface area (Å²) in [6, 6.07) is 0. The standard InChI is InChI=1S/C12H23N3O3S/c1-13(2)19(17,18)15-9-5-11(6-10-15)12(16)14-7-3-4-8-14/h11H,3-10H2,1-2H3. The minimum Gasteiger partial charge on any atom is -0.342 e. The van der Waals surface area contributed by atoms with E-state index in [1.807, 2.05) is 4.90 Å². The molecule has 2 saturated heterocycles. The third-order valence-electron chi connectivity index (χ3n) is 4.01. The molecule has 0 unspecified atom stereocenters. The summed E-state index contributed by atoms with van der Waals surface area (Å²) in [5.74, 6) is 0.228. The van der Waals surface area contributed by atoms with E-state index in [0.29, 0.717) is 25.9 Å². The molecule has 2 heterocycles. The molecule has 6 nitrogen and oxygen atoms in total. The van der Waals surface area contributed by atoms with Crippen LogP contribution in [0.2, 0.25) is 0 Å². The fraction of sp³-hybridized carbons (Fsp3) is 0.917. The van der Waals surface area contributed by atoms with Crippen molar-refractivity contribution in [3.05, 3.63) is 0 Å². The van der Waals surface area contributed by atoms with Gasteiger partial charge in [-0.15, -0.1) is 0 Å². The van der Waals surface area contributed by atoms with Crippen LogP contribution in [0, 0.1) is 5.92 Å². The van der Waals surface area contributed by atoms with E-state index in [-0.39, 0.29) is 11.8 Å². The fourth-order valence-electron chi connectivity index (χ4n) is 2.76. The predicted octanol–water partition coefficient (Wildman–Crippen LogP) is 0.127. The van der Waals surface area contributed by atoms with E-state index in [0.717, 1.165) is 25.9 Å². The summed E-state index contributed by atoms with van der Waals surface area (Å²) in [5, 5.41) is 0. The first-order chi connectivity index (χ1) is 8.93. The topological polar surface area (TPSA) is 60.9 Å². The quantitative estimate of drug-likeness (QED) is 0.742. The van der Waals surface area contributed by atoms with Gasteiger partial charge in [-0.25, -0.2) is 0 Å². The molecule has 0 bridgehead atoms. The molecule has 0 aromatic carbocycles. The second-order valence-corrected chi connectivity index (χ2v) is 7.64. The summed E-state index contributed by atoms with van der Waals surface area (Å²) in [4.78, 5) is 14.2. The van der Waals surface area contributed by atoms with Crippen molar-refractivity contribution < 1.29 is 13.2 Å². The van der Waals surface area contributed by atoms with Gasteiger partial charge in [0.05, 0.1) is 0 Å². The van der Waals surface area contributed by atoms with E-state index in [4.69, 9.17) is 0 Å². The molecule has 0 saturated carbocycles. The highest BCUT2D eigenvalue weighted by Crippen LogP contribution is 2.23. The number of piperidine rings is 1. The Balaban J connectivity index is 1.90. The van der Waals surface area contributed by atoms with Gasteiger partial charge in [0.15, 0.2) is 0 Å². The molecule has 0 aliphatic carbocycles. The first-order valence-corrected chi connectivity index (χ1v) is 8.29. The molecule has 7 heteroatoms. The smallest absolute Gasteiger partial charge is 0.281 e. The molecule has 0 spiro atoms. The number of hydrogen-bond acceptors (Lipinski definition) is 3. The summed E-state index contributed by atoms with van der Waals surface area (Å²) >= 11 is 0. The molecule has 0 aromatic heterocycles. The molecular formula is C12H23N3O3S. The summed E-state index contributed by atoms with van der Waals surface area (Å²) < 4.78 is 26.7. The van der Waals surface area contributed by atoms with Gasteiger partial charge in [0.1, 0.15) is 0 Å². The molecule has 110 valence electrons. The van der Waals surface area contributed by atoms with Gasteiger partial charge in [0.25, 0.3) is 10.2 Å². The van der Waals surface area contributed by atoms with Gasteiger partial charge in [-0.1, -0.05) is 0 Å². The minimum atomic E-state index is -3.33. The van der Waals surface area contributed by atoms with Crippen molar-refractivity contribution in [1.29, 1.82) is 0 Å². The summed E-state index contributed by atoms with van der Waals surface area (Å²) in [6.07, 6.45) is 3.48. The lowest BCUT2D eigenvalue weighted by atomic mass is 9.97. The molecule has 2 fully saturated rings.